The Morgan fingerprint density at radius 1 is 1.36 bits per heavy atom. The van der Waals surface area contributed by atoms with Crippen molar-refractivity contribution in [2.45, 2.75) is 36.0 Å². The number of carboxylic acid groups (broad SMARTS) is 1. The minimum atomic E-state index is -1.83. The van der Waals surface area contributed by atoms with Gasteiger partial charge in [-0.15, -0.1) is 0 Å². The van der Waals surface area contributed by atoms with Crippen molar-refractivity contribution in [1.29, 1.82) is 0 Å². The maximum Gasteiger partial charge on any atom is 0.345 e. The minimum Gasteiger partial charge on any atom is -0.479 e. The molecule has 0 atom stereocenters. The molecule has 0 amide bonds. The Bertz CT molecular complexity index is 223. The molecular formula is C8H12Br2O4. The summed E-state index contributed by atoms with van der Waals surface area (Å²) in [6.45, 7) is 3.73. The smallest absolute Gasteiger partial charge is 0.345 e. The Morgan fingerprint density at radius 3 is 2.07 bits per heavy atom. The van der Waals surface area contributed by atoms with Crippen LogP contribution in [-0.2, 0) is 14.3 Å². The van der Waals surface area contributed by atoms with Crippen LogP contribution < -0.4 is 0 Å². The number of rotatable bonds is 5. The summed E-state index contributed by atoms with van der Waals surface area (Å²) >= 11 is 5.48. The van der Waals surface area contributed by atoms with Crippen molar-refractivity contribution in [3.8, 4) is 0 Å². The average Bonchev–Trinajstić information content (AvgIpc) is 2.13. The Labute approximate surface area is 99.3 Å². The highest BCUT2D eigenvalue weighted by Crippen LogP contribution is 2.29. The highest BCUT2D eigenvalue weighted by molar-refractivity contribution is 9.26. The highest BCUT2D eigenvalue weighted by atomic mass is 79.9. The van der Waals surface area contributed by atoms with E-state index in [1.807, 2.05) is 13.8 Å². The molecule has 14 heavy (non-hydrogen) atoms. The van der Waals surface area contributed by atoms with E-state index >= 15 is 0 Å². The molecule has 0 aromatic carbocycles. The van der Waals surface area contributed by atoms with Crippen molar-refractivity contribution in [2.24, 2.45) is 0 Å². The molecule has 0 rings (SSSR count). The van der Waals surface area contributed by atoms with Crippen LogP contribution in [0.1, 0.15) is 26.7 Å². The maximum absolute atomic E-state index is 11.3. The van der Waals surface area contributed by atoms with Gasteiger partial charge < -0.3 is 9.84 Å². The molecule has 0 saturated heterocycles. The van der Waals surface area contributed by atoms with Crippen molar-refractivity contribution >= 4 is 43.8 Å². The fraction of sp³-hybridized carbons (Fsp3) is 0.750. The number of carbonyl (C=O) groups excluding carboxylic acids is 1. The molecule has 82 valence electrons. The largest absolute Gasteiger partial charge is 0.479 e. The Balaban J connectivity index is 4.40. The normalized spacial score (nSPS) is 11.5. The molecule has 0 spiro atoms. The molecule has 0 aliphatic heterocycles. The Morgan fingerprint density at radius 2 is 1.79 bits per heavy atom. The van der Waals surface area contributed by atoms with Gasteiger partial charge in [-0.05, 0) is 44.7 Å². The van der Waals surface area contributed by atoms with Crippen LogP contribution in [0.5, 0.6) is 0 Å². The molecule has 0 unspecified atom stereocenters. The summed E-state index contributed by atoms with van der Waals surface area (Å²) in [5.41, 5.74) is 0. The van der Waals surface area contributed by atoms with E-state index in [1.54, 1.807) is 0 Å². The molecule has 0 fully saturated rings. The monoisotopic (exact) mass is 330 g/mol. The van der Waals surface area contributed by atoms with E-state index < -0.39 is 15.2 Å². The molecule has 4 nitrogen and oxygen atoms in total. The fourth-order valence-corrected chi connectivity index (χ4v) is 0.955. The first-order chi connectivity index (χ1) is 6.36. The molecule has 0 aliphatic rings. The second-order valence-corrected chi connectivity index (χ2v) is 6.17. The predicted molar refractivity (Wildman–Crippen MR) is 58.7 cm³/mol. The summed E-state index contributed by atoms with van der Waals surface area (Å²) in [6.07, 6.45) is 1.09. The molecule has 0 saturated carbocycles. The number of carboxylic acids is 1. The predicted octanol–water partition coefficient (Wildman–Crippen LogP) is 2.29. The van der Waals surface area contributed by atoms with Crippen molar-refractivity contribution in [3.05, 3.63) is 0 Å². The number of aliphatic carboxylic acids is 1. The molecule has 0 aliphatic carbocycles. The van der Waals surface area contributed by atoms with Gasteiger partial charge in [0.1, 0.15) is 6.10 Å². The number of carbonyl (C=O) groups is 2. The van der Waals surface area contributed by atoms with Gasteiger partial charge in [0.05, 0.1) is 0 Å². The number of esters is 1. The quantitative estimate of drug-likeness (QED) is 0.477. The number of alkyl halides is 2. The number of hydrogen-bond donors (Lipinski definition) is 1. The van der Waals surface area contributed by atoms with E-state index in [9.17, 15) is 9.59 Å². The van der Waals surface area contributed by atoms with E-state index in [0.717, 1.165) is 0 Å². The third-order valence-electron chi connectivity index (χ3n) is 1.71. The molecule has 1 N–H and O–H groups in total. The van der Waals surface area contributed by atoms with Gasteiger partial charge in [-0.3, -0.25) is 0 Å². The van der Waals surface area contributed by atoms with Crippen LogP contribution >= 0.6 is 31.9 Å². The van der Waals surface area contributed by atoms with Gasteiger partial charge in [-0.1, -0.05) is 13.8 Å². The van der Waals surface area contributed by atoms with Gasteiger partial charge in [0.15, 0.2) is 0 Å². The number of hydrogen-bond acceptors (Lipinski definition) is 3. The Kier molecular flexibility index (Phi) is 5.66. The average molecular weight is 332 g/mol. The molecule has 0 aromatic heterocycles. The topological polar surface area (TPSA) is 63.6 Å². The number of ether oxygens (including phenoxy) is 1. The third-order valence-corrected chi connectivity index (χ3v) is 3.04. The van der Waals surface area contributed by atoms with Crippen molar-refractivity contribution in [2.75, 3.05) is 0 Å². The maximum atomic E-state index is 11.3. The zero-order valence-electron chi connectivity index (χ0n) is 7.92. The van der Waals surface area contributed by atoms with Gasteiger partial charge in [0, 0.05) is 0 Å². The van der Waals surface area contributed by atoms with Crippen molar-refractivity contribution in [3.63, 3.8) is 0 Å². The number of halogens is 2. The van der Waals surface area contributed by atoms with Gasteiger partial charge in [0.25, 0.3) is 3.23 Å². The first-order valence-corrected chi connectivity index (χ1v) is 5.77. The zero-order valence-corrected chi connectivity index (χ0v) is 11.1. The molecule has 0 bridgehead atoms. The fourth-order valence-electron chi connectivity index (χ4n) is 0.768. The lowest BCUT2D eigenvalue weighted by Gasteiger charge is -2.19. The summed E-state index contributed by atoms with van der Waals surface area (Å²) in [5.74, 6) is -2.16. The summed E-state index contributed by atoms with van der Waals surface area (Å²) in [5, 5.41) is 8.68. The summed E-state index contributed by atoms with van der Waals surface area (Å²) in [4.78, 5) is 22.0. The van der Waals surface area contributed by atoms with E-state index in [2.05, 4.69) is 31.9 Å². The lowest BCUT2D eigenvalue weighted by Crippen LogP contribution is -2.37. The van der Waals surface area contributed by atoms with Gasteiger partial charge >= 0.3 is 11.9 Å². The minimum absolute atomic E-state index is 0.240. The summed E-state index contributed by atoms with van der Waals surface area (Å²) in [7, 11) is 0. The van der Waals surface area contributed by atoms with E-state index in [0.29, 0.717) is 12.8 Å². The summed E-state index contributed by atoms with van der Waals surface area (Å²) in [6, 6.07) is 0. The van der Waals surface area contributed by atoms with Crippen molar-refractivity contribution in [1.82, 2.24) is 0 Å². The van der Waals surface area contributed by atoms with E-state index in [1.165, 1.54) is 0 Å². The molecule has 0 radical (unpaired) electrons. The van der Waals surface area contributed by atoms with Crippen LogP contribution in [-0.4, -0.2) is 26.4 Å². The van der Waals surface area contributed by atoms with Gasteiger partial charge in [-0.25, -0.2) is 9.59 Å². The molecular weight excluding hydrogens is 320 g/mol. The lowest BCUT2D eigenvalue weighted by molar-refractivity contribution is -0.155. The summed E-state index contributed by atoms with van der Waals surface area (Å²) < 4.78 is 3.13. The molecule has 6 heteroatoms. The SMILES string of the molecule is CCC(CC)OC(=O)C(Br)(Br)C(=O)O. The van der Waals surface area contributed by atoms with Gasteiger partial charge in [-0.2, -0.15) is 0 Å². The first kappa shape index (κ1) is 13.9. The zero-order chi connectivity index (χ0) is 11.4. The molecule has 0 aromatic rings. The highest BCUT2D eigenvalue weighted by Gasteiger charge is 2.43. The van der Waals surface area contributed by atoms with Gasteiger partial charge in [0.2, 0.25) is 0 Å². The van der Waals surface area contributed by atoms with E-state index in [4.69, 9.17) is 9.84 Å². The lowest BCUT2D eigenvalue weighted by atomic mass is 10.2. The Hall–Kier alpha value is -0.100. The van der Waals surface area contributed by atoms with Crippen LogP contribution in [0.4, 0.5) is 0 Å². The second-order valence-electron chi connectivity index (χ2n) is 2.72. The standard InChI is InChI=1S/C8H12Br2O4/c1-3-5(4-2)14-7(13)8(9,10)6(11)12/h5H,3-4H2,1-2H3,(H,11,12). The van der Waals surface area contributed by atoms with Crippen LogP contribution in [0.15, 0.2) is 0 Å². The van der Waals surface area contributed by atoms with Crippen molar-refractivity contribution < 1.29 is 19.4 Å². The van der Waals surface area contributed by atoms with Crippen LogP contribution in [0.3, 0.4) is 0 Å². The molecule has 0 heterocycles. The first-order valence-electron chi connectivity index (χ1n) is 4.18. The van der Waals surface area contributed by atoms with Crippen LogP contribution in [0.25, 0.3) is 0 Å². The van der Waals surface area contributed by atoms with Crippen LogP contribution in [0, 0.1) is 0 Å². The second kappa shape index (κ2) is 5.70. The van der Waals surface area contributed by atoms with E-state index in [-0.39, 0.29) is 6.10 Å². The van der Waals surface area contributed by atoms with Crippen LogP contribution in [0.2, 0.25) is 0 Å². The third kappa shape index (κ3) is 3.57.